The molecule has 1 aromatic heterocycles. The van der Waals surface area contributed by atoms with Crippen LogP contribution in [-0.4, -0.2) is 23.8 Å². The number of imidazole rings is 1. The molecule has 0 fully saturated rings. The van der Waals surface area contributed by atoms with Crippen molar-refractivity contribution >= 4 is 39.2 Å². The first-order valence-electron chi connectivity index (χ1n) is 4.17. The lowest BCUT2D eigenvalue weighted by Gasteiger charge is -2.14. The molecule has 0 aliphatic rings. The second kappa shape index (κ2) is 3.40. The highest BCUT2D eigenvalue weighted by atomic mass is 79.9. The third-order valence-corrected chi connectivity index (χ3v) is 2.79. The van der Waals surface area contributed by atoms with Crippen molar-refractivity contribution in [3.8, 4) is 0 Å². The van der Waals surface area contributed by atoms with Gasteiger partial charge in [-0.2, -0.15) is 0 Å². The number of nitrogens with one attached hydrogen (secondary N) is 1. The van der Waals surface area contributed by atoms with Crippen LogP contribution in [0.25, 0.3) is 11.0 Å². The fraction of sp³-hybridized carbons (Fsp3) is 0.222. The van der Waals surface area contributed by atoms with Gasteiger partial charge in [0.25, 0.3) is 0 Å². The Bertz CT molecular complexity index is 526. The number of hydrogen-bond acceptors (Lipinski definition) is 2. The van der Waals surface area contributed by atoms with E-state index in [2.05, 4.69) is 20.9 Å². The quantitative estimate of drug-likeness (QED) is 0.807. The minimum Gasteiger partial charge on any atom is -0.329 e. The minimum atomic E-state index is 0.711. The molecule has 0 spiro atoms. The summed E-state index contributed by atoms with van der Waals surface area (Å²) in [5, 5.41) is 1.95. The van der Waals surface area contributed by atoms with Gasteiger partial charge in [0.1, 0.15) is 0 Å². The molecule has 0 atom stereocenters. The predicted octanol–water partition coefficient (Wildman–Crippen LogP) is 2.66. The molecule has 1 heterocycles. The highest BCUT2D eigenvalue weighted by molar-refractivity contribution is 9.10. The summed E-state index contributed by atoms with van der Waals surface area (Å²) in [6.07, 6.45) is 0. The average Bonchev–Trinajstić information content (AvgIpc) is 2.39. The lowest BCUT2D eigenvalue weighted by molar-refractivity contribution is 0.742. The number of aromatic amines is 1. The molecule has 0 saturated carbocycles. The van der Waals surface area contributed by atoms with E-state index in [1.807, 2.05) is 42.0 Å². The normalized spacial score (nSPS) is 10.8. The van der Waals surface area contributed by atoms with E-state index in [-0.39, 0.29) is 0 Å². The Morgan fingerprint density at radius 2 is 2.14 bits per heavy atom. The van der Waals surface area contributed by atoms with E-state index >= 15 is 0 Å². The Labute approximate surface area is 95.4 Å². The third-order valence-electron chi connectivity index (χ3n) is 2.02. The number of halogens is 1. The molecule has 3 nitrogen and oxygen atoms in total. The molecule has 0 aliphatic heterocycles. The first-order valence-corrected chi connectivity index (χ1v) is 5.37. The first kappa shape index (κ1) is 9.73. The van der Waals surface area contributed by atoms with Crippen molar-refractivity contribution in [1.29, 1.82) is 0 Å². The summed E-state index contributed by atoms with van der Waals surface area (Å²) in [7, 11) is 3.93. The van der Waals surface area contributed by atoms with Crippen LogP contribution in [0.3, 0.4) is 0 Å². The number of hydrogen-bond donors (Lipinski definition) is 1. The molecule has 5 heteroatoms. The van der Waals surface area contributed by atoms with Crippen LogP contribution in [0.15, 0.2) is 22.7 Å². The molecule has 0 unspecified atom stereocenters. The van der Waals surface area contributed by atoms with Gasteiger partial charge in [-0.05, 0) is 30.4 Å². The van der Waals surface area contributed by atoms with E-state index in [0.717, 1.165) is 15.5 Å². The van der Waals surface area contributed by atoms with Crippen LogP contribution in [0, 0.1) is 4.77 Å². The molecule has 0 radical (unpaired) electrons. The third kappa shape index (κ3) is 1.46. The second-order valence-corrected chi connectivity index (χ2v) is 4.55. The maximum atomic E-state index is 5.22. The average molecular weight is 272 g/mol. The molecule has 0 saturated heterocycles. The van der Waals surface area contributed by atoms with Crippen LogP contribution < -0.4 is 5.01 Å². The molecule has 0 bridgehead atoms. The Morgan fingerprint density at radius 1 is 1.43 bits per heavy atom. The summed E-state index contributed by atoms with van der Waals surface area (Å²) in [6.45, 7) is 0. The molecule has 74 valence electrons. The molecule has 14 heavy (non-hydrogen) atoms. The summed E-state index contributed by atoms with van der Waals surface area (Å²) in [5.41, 5.74) is 2.13. The van der Waals surface area contributed by atoms with E-state index in [1.54, 1.807) is 0 Å². The van der Waals surface area contributed by atoms with Crippen LogP contribution in [-0.2, 0) is 0 Å². The maximum absolute atomic E-state index is 5.22. The van der Waals surface area contributed by atoms with Gasteiger partial charge >= 0.3 is 0 Å². The summed E-state index contributed by atoms with van der Waals surface area (Å²) >= 11 is 8.65. The Hall–Kier alpha value is -0.810. The SMILES string of the molecule is CN(C)n1c(=S)[nH]c2cc(Br)ccc21. The fourth-order valence-corrected chi connectivity index (χ4v) is 2.20. The van der Waals surface area contributed by atoms with Gasteiger partial charge in [0.2, 0.25) is 0 Å². The van der Waals surface area contributed by atoms with E-state index in [4.69, 9.17) is 12.2 Å². The molecule has 1 aromatic carbocycles. The number of benzene rings is 1. The van der Waals surface area contributed by atoms with Crippen molar-refractivity contribution in [1.82, 2.24) is 9.66 Å². The zero-order chi connectivity index (χ0) is 10.3. The Kier molecular flexibility index (Phi) is 2.36. The van der Waals surface area contributed by atoms with E-state index in [9.17, 15) is 0 Å². The monoisotopic (exact) mass is 271 g/mol. The van der Waals surface area contributed by atoms with Crippen molar-refractivity contribution in [2.75, 3.05) is 19.1 Å². The van der Waals surface area contributed by atoms with Gasteiger partial charge in [-0.25, -0.2) is 4.68 Å². The van der Waals surface area contributed by atoms with Crippen LogP contribution in [0.1, 0.15) is 0 Å². The van der Waals surface area contributed by atoms with Crippen molar-refractivity contribution in [3.63, 3.8) is 0 Å². The van der Waals surface area contributed by atoms with Crippen molar-refractivity contribution < 1.29 is 0 Å². The lowest BCUT2D eigenvalue weighted by atomic mass is 10.3. The van der Waals surface area contributed by atoms with Gasteiger partial charge in [0.05, 0.1) is 11.0 Å². The van der Waals surface area contributed by atoms with Crippen molar-refractivity contribution in [2.24, 2.45) is 0 Å². The predicted molar refractivity (Wildman–Crippen MR) is 64.9 cm³/mol. The Morgan fingerprint density at radius 3 is 2.79 bits per heavy atom. The zero-order valence-electron chi connectivity index (χ0n) is 7.91. The summed E-state index contributed by atoms with van der Waals surface area (Å²) in [4.78, 5) is 3.16. The smallest absolute Gasteiger partial charge is 0.197 e. The highest BCUT2D eigenvalue weighted by Crippen LogP contribution is 2.19. The largest absolute Gasteiger partial charge is 0.329 e. The molecule has 0 amide bonds. The van der Waals surface area contributed by atoms with Gasteiger partial charge in [-0.3, -0.25) is 0 Å². The number of nitrogens with zero attached hydrogens (tertiary/aromatic N) is 2. The molecule has 2 rings (SSSR count). The van der Waals surface area contributed by atoms with Gasteiger partial charge < -0.3 is 9.99 Å². The van der Waals surface area contributed by atoms with Crippen LogP contribution >= 0.6 is 28.1 Å². The topological polar surface area (TPSA) is 24.0 Å². The molecule has 0 aliphatic carbocycles. The van der Waals surface area contributed by atoms with Crippen LogP contribution in [0.5, 0.6) is 0 Å². The maximum Gasteiger partial charge on any atom is 0.197 e. The zero-order valence-corrected chi connectivity index (χ0v) is 10.3. The Balaban J connectivity index is 2.84. The number of fused-ring (bicyclic) bond motifs is 1. The van der Waals surface area contributed by atoms with E-state index < -0.39 is 0 Å². The van der Waals surface area contributed by atoms with Gasteiger partial charge in [0.15, 0.2) is 4.77 Å². The lowest BCUT2D eigenvalue weighted by Crippen LogP contribution is -2.24. The standard InChI is InChI=1S/C9H10BrN3S/c1-12(2)13-8-4-3-6(10)5-7(8)11-9(13)14/h3-5H,1-2H3,(H,11,14). The molecule has 1 N–H and O–H groups in total. The molecular weight excluding hydrogens is 262 g/mol. The van der Waals surface area contributed by atoms with Crippen molar-refractivity contribution in [2.45, 2.75) is 0 Å². The molecular formula is C9H10BrN3S. The summed E-state index contributed by atoms with van der Waals surface area (Å²) in [6, 6.07) is 6.06. The molecule has 2 aromatic rings. The van der Waals surface area contributed by atoms with Gasteiger partial charge in [-0.15, -0.1) is 0 Å². The minimum absolute atomic E-state index is 0.711. The van der Waals surface area contributed by atoms with Crippen molar-refractivity contribution in [3.05, 3.63) is 27.4 Å². The second-order valence-electron chi connectivity index (χ2n) is 3.25. The van der Waals surface area contributed by atoms with Crippen LogP contribution in [0.4, 0.5) is 0 Å². The highest BCUT2D eigenvalue weighted by Gasteiger charge is 2.05. The van der Waals surface area contributed by atoms with Gasteiger partial charge in [-0.1, -0.05) is 15.9 Å². The number of aromatic nitrogens is 2. The van der Waals surface area contributed by atoms with Gasteiger partial charge in [0, 0.05) is 18.6 Å². The number of rotatable bonds is 1. The fourth-order valence-electron chi connectivity index (χ4n) is 1.47. The summed E-state index contributed by atoms with van der Waals surface area (Å²) in [5.74, 6) is 0. The van der Waals surface area contributed by atoms with E-state index in [0.29, 0.717) is 4.77 Å². The summed E-state index contributed by atoms with van der Waals surface area (Å²) < 4.78 is 3.71. The number of H-pyrrole nitrogens is 1. The van der Waals surface area contributed by atoms with Crippen LogP contribution in [0.2, 0.25) is 0 Å². The first-order chi connectivity index (χ1) is 6.59. The van der Waals surface area contributed by atoms with E-state index in [1.165, 1.54) is 0 Å².